The predicted octanol–water partition coefficient (Wildman–Crippen LogP) is 3.37. The molecule has 33 heavy (non-hydrogen) atoms. The van der Waals surface area contributed by atoms with Crippen LogP contribution in [0.25, 0.3) is 0 Å². The maximum Gasteiger partial charge on any atom is 0.411 e. The minimum atomic E-state index is -0.887. The number of hydrogen-bond acceptors (Lipinski definition) is 5. The smallest absolute Gasteiger partial charge is 0.411 e. The van der Waals surface area contributed by atoms with Crippen LogP contribution in [-0.4, -0.2) is 52.3 Å². The van der Waals surface area contributed by atoms with Gasteiger partial charge in [0.25, 0.3) is 0 Å². The van der Waals surface area contributed by atoms with Crippen molar-refractivity contribution in [3.05, 3.63) is 59.2 Å². The normalized spacial score (nSPS) is 26.9. The van der Waals surface area contributed by atoms with E-state index in [0.29, 0.717) is 25.3 Å². The minimum Gasteiger partial charge on any atom is -0.436 e. The number of hydrogen-bond donors (Lipinski definition) is 0. The number of benzene rings is 1. The summed E-state index contributed by atoms with van der Waals surface area (Å²) in [6.45, 7) is 2.80. The lowest BCUT2D eigenvalue weighted by atomic mass is 9.84. The fourth-order valence-corrected chi connectivity index (χ4v) is 5.43. The summed E-state index contributed by atoms with van der Waals surface area (Å²) in [5.74, 6) is -0.214. The lowest BCUT2D eigenvalue weighted by Crippen LogP contribution is -2.46. The van der Waals surface area contributed by atoms with Crippen LogP contribution in [0.3, 0.4) is 0 Å². The van der Waals surface area contributed by atoms with Crippen molar-refractivity contribution in [3.63, 3.8) is 0 Å². The maximum absolute atomic E-state index is 13.4. The molecular weight excluding hydrogens is 418 g/mol. The first-order chi connectivity index (χ1) is 15.9. The van der Waals surface area contributed by atoms with Crippen molar-refractivity contribution >= 4 is 17.8 Å². The number of amides is 2. The quantitative estimate of drug-likeness (QED) is 0.670. The first-order valence-corrected chi connectivity index (χ1v) is 11.6. The number of carbonyl (C=O) groups is 3. The van der Waals surface area contributed by atoms with E-state index in [1.54, 1.807) is 6.08 Å². The molecule has 1 heterocycles. The molecule has 3 unspecified atom stereocenters. The number of carbonyl (C=O) groups excluding carboxylic acids is 3. The molecule has 170 valence electrons. The van der Waals surface area contributed by atoms with E-state index in [9.17, 15) is 14.4 Å². The lowest BCUT2D eigenvalue weighted by Gasteiger charge is -2.31. The molecular formula is C26H27N3O4. The van der Waals surface area contributed by atoms with Crippen molar-refractivity contribution in [1.82, 2.24) is 9.80 Å². The number of allylic oxidation sites excluding steroid dienone is 3. The van der Waals surface area contributed by atoms with Gasteiger partial charge in [-0.1, -0.05) is 36.4 Å². The highest BCUT2D eigenvalue weighted by atomic mass is 16.6. The molecule has 0 bridgehead atoms. The molecule has 1 saturated heterocycles. The zero-order chi connectivity index (χ0) is 23.2. The van der Waals surface area contributed by atoms with E-state index in [4.69, 9.17) is 10.00 Å². The molecule has 1 aromatic rings. The van der Waals surface area contributed by atoms with Crippen LogP contribution in [-0.2, 0) is 20.9 Å². The van der Waals surface area contributed by atoms with Gasteiger partial charge >= 0.3 is 6.09 Å². The third-order valence-electron chi connectivity index (χ3n) is 7.50. The third-order valence-corrected chi connectivity index (χ3v) is 7.50. The standard InChI is InChI=1S/C26H27N3O4/c1-17(19-7-8-19)29(14-18-5-3-2-4-6-18)23(30)15-28-16-26(33-25(28)32)12-11-21-22(26)10-9-20(13-27)24(21)31/h2-6,9-10,17,19,21H,7-8,11-12,14-16H2,1H3. The van der Waals surface area contributed by atoms with Crippen molar-refractivity contribution < 1.29 is 19.1 Å². The first kappa shape index (κ1) is 21.4. The molecule has 1 aromatic carbocycles. The number of rotatable bonds is 6. The Bertz CT molecular complexity index is 1100. The molecule has 3 atom stereocenters. The van der Waals surface area contributed by atoms with Crippen molar-refractivity contribution in [2.45, 2.75) is 50.8 Å². The number of Topliss-reactive ketones (excluding diaryl/α,β-unsaturated/α-hetero) is 1. The Morgan fingerprint density at radius 3 is 2.70 bits per heavy atom. The molecule has 7 nitrogen and oxygen atoms in total. The van der Waals surface area contributed by atoms with E-state index in [2.05, 4.69) is 6.92 Å². The summed E-state index contributed by atoms with van der Waals surface area (Å²) in [7, 11) is 0. The van der Waals surface area contributed by atoms with Crippen LogP contribution in [0.2, 0.25) is 0 Å². The molecule has 0 N–H and O–H groups in total. The Labute approximate surface area is 193 Å². The van der Waals surface area contributed by atoms with Gasteiger partial charge in [-0.2, -0.15) is 5.26 Å². The van der Waals surface area contributed by atoms with E-state index in [-0.39, 0.29) is 36.4 Å². The largest absolute Gasteiger partial charge is 0.436 e. The van der Waals surface area contributed by atoms with Crippen LogP contribution < -0.4 is 0 Å². The SMILES string of the molecule is CC(C1CC1)N(Cc1ccccc1)C(=O)CN1CC2(CCC3C(=O)C(C#N)=CC=C32)OC1=O. The summed E-state index contributed by atoms with van der Waals surface area (Å²) in [6.07, 6.45) is 6.05. The number of nitriles is 1. The monoisotopic (exact) mass is 445 g/mol. The Hall–Kier alpha value is -3.40. The number of fused-ring (bicyclic) bond motifs is 2. The van der Waals surface area contributed by atoms with Gasteiger partial charge in [-0.25, -0.2) is 4.79 Å². The van der Waals surface area contributed by atoms with E-state index in [1.807, 2.05) is 41.3 Å². The minimum absolute atomic E-state index is 0.0460. The zero-order valence-electron chi connectivity index (χ0n) is 18.7. The fourth-order valence-electron chi connectivity index (χ4n) is 5.43. The highest BCUT2D eigenvalue weighted by molar-refractivity contribution is 6.04. The molecule has 1 aliphatic heterocycles. The number of ether oxygens (including phenoxy) is 1. The van der Waals surface area contributed by atoms with Gasteiger partial charge in [-0.3, -0.25) is 14.5 Å². The van der Waals surface area contributed by atoms with Gasteiger partial charge in [0.2, 0.25) is 5.91 Å². The van der Waals surface area contributed by atoms with E-state index in [1.165, 1.54) is 11.0 Å². The van der Waals surface area contributed by atoms with Gasteiger partial charge in [0.05, 0.1) is 12.1 Å². The van der Waals surface area contributed by atoms with Gasteiger partial charge in [-0.05, 0) is 55.7 Å². The maximum atomic E-state index is 13.4. The van der Waals surface area contributed by atoms with Crippen LogP contribution in [0.15, 0.2) is 53.6 Å². The van der Waals surface area contributed by atoms with Gasteiger partial charge in [0, 0.05) is 18.5 Å². The second-order valence-electron chi connectivity index (χ2n) is 9.57. The van der Waals surface area contributed by atoms with E-state index >= 15 is 0 Å². The Morgan fingerprint density at radius 2 is 2.00 bits per heavy atom. The van der Waals surface area contributed by atoms with Crippen LogP contribution in [0, 0.1) is 23.2 Å². The molecule has 4 aliphatic rings. The van der Waals surface area contributed by atoms with Gasteiger partial charge in [0.15, 0.2) is 11.4 Å². The lowest BCUT2D eigenvalue weighted by molar-refractivity contribution is -0.135. The average Bonchev–Trinajstić information content (AvgIpc) is 3.54. The van der Waals surface area contributed by atoms with Gasteiger partial charge in [-0.15, -0.1) is 0 Å². The molecule has 1 spiro atoms. The molecule has 3 fully saturated rings. The average molecular weight is 446 g/mol. The molecule has 2 amide bonds. The Morgan fingerprint density at radius 1 is 1.24 bits per heavy atom. The summed E-state index contributed by atoms with van der Waals surface area (Å²) in [5, 5.41) is 9.16. The summed E-state index contributed by atoms with van der Waals surface area (Å²) in [6, 6.07) is 11.9. The summed E-state index contributed by atoms with van der Waals surface area (Å²) in [5.41, 5.74) is 1.06. The summed E-state index contributed by atoms with van der Waals surface area (Å²) >= 11 is 0. The van der Waals surface area contributed by atoms with Gasteiger partial charge in [0.1, 0.15) is 12.6 Å². The molecule has 0 aromatic heterocycles. The Kier molecular flexibility index (Phi) is 5.32. The first-order valence-electron chi connectivity index (χ1n) is 11.6. The second-order valence-corrected chi connectivity index (χ2v) is 9.57. The van der Waals surface area contributed by atoms with Crippen molar-refractivity contribution in [3.8, 4) is 6.07 Å². The number of ketones is 1. The summed E-state index contributed by atoms with van der Waals surface area (Å²) in [4.78, 5) is 42.1. The Balaban J connectivity index is 1.33. The molecule has 2 saturated carbocycles. The highest BCUT2D eigenvalue weighted by Crippen LogP contribution is 2.48. The second kappa shape index (κ2) is 8.18. The topological polar surface area (TPSA) is 90.7 Å². The number of nitrogens with zero attached hydrogens (tertiary/aromatic N) is 3. The van der Waals surface area contributed by atoms with E-state index in [0.717, 1.165) is 24.0 Å². The van der Waals surface area contributed by atoms with Crippen molar-refractivity contribution in [2.75, 3.05) is 13.1 Å². The molecule has 3 aliphatic carbocycles. The van der Waals surface area contributed by atoms with Crippen LogP contribution >= 0.6 is 0 Å². The van der Waals surface area contributed by atoms with Crippen molar-refractivity contribution in [1.29, 1.82) is 5.26 Å². The zero-order valence-corrected chi connectivity index (χ0v) is 18.7. The third kappa shape index (κ3) is 3.84. The van der Waals surface area contributed by atoms with Gasteiger partial charge < -0.3 is 9.64 Å². The van der Waals surface area contributed by atoms with Crippen LogP contribution in [0.1, 0.15) is 38.2 Å². The predicted molar refractivity (Wildman–Crippen MR) is 119 cm³/mol. The molecule has 5 rings (SSSR count). The van der Waals surface area contributed by atoms with E-state index < -0.39 is 17.6 Å². The molecule has 0 radical (unpaired) electrons. The highest BCUT2D eigenvalue weighted by Gasteiger charge is 2.56. The fraction of sp³-hybridized carbons (Fsp3) is 0.462. The van der Waals surface area contributed by atoms with Crippen molar-refractivity contribution in [2.24, 2.45) is 11.8 Å². The molecule has 7 heteroatoms. The summed E-state index contributed by atoms with van der Waals surface area (Å²) < 4.78 is 5.81. The van der Waals surface area contributed by atoms with Crippen LogP contribution in [0.5, 0.6) is 0 Å². The van der Waals surface area contributed by atoms with Crippen LogP contribution in [0.4, 0.5) is 4.79 Å².